The molecule has 0 aromatic carbocycles. The summed E-state index contributed by atoms with van der Waals surface area (Å²) >= 11 is 0. The summed E-state index contributed by atoms with van der Waals surface area (Å²) in [4.78, 5) is 12.1. The zero-order chi connectivity index (χ0) is 14.1. The Hall–Kier alpha value is -2.08. The van der Waals surface area contributed by atoms with Gasteiger partial charge in [0.05, 0.1) is 12.3 Å². The molecule has 0 aliphatic carbocycles. The lowest BCUT2D eigenvalue weighted by molar-refractivity contribution is 0.0383. The summed E-state index contributed by atoms with van der Waals surface area (Å²) in [6.45, 7) is 1.11. The third-order valence-electron chi connectivity index (χ3n) is 3.56. The lowest BCUT2D eigenvalue weighted by Crippen LogP contribution is -2.32. The lowest BCUT2D eigenvalue weighted by atomic mass is 10.1. The Kier molecular flexibility index (Phi) is 3.31. The molecule has 3 rings (SSSR count). The zero-order valence-electron chi connectivity index (χ0n) is 11.7. The Bertz CT molecular complexity index is 629. The molecule has 3 heterocycles. The van der Waals surface area contributed by atoms with Gasteiger partial charge in [0.25, 0.3) is 5.91 Å². The van der Waals surface area contributed by atoms with Gasteiger partial charge in [0, 0.05) is 33.0 Å². The lowest BCUT2D eigenvalue weighted by Gasteiger charge is -2.22. The van der Waals surface area contributed by atoms with Crippen molar-refractivity contribution in [3.05, 3.63) is 41.5 Å². The number of ether oxygens (including phenoxy) is 1. The van der Waals surface area contributed by atoms with Gasteiger partial charge in [-0.1, -0.05) is 0 Å². The van der Waals surface area contributed by atoms with Crippen LogP contribution in [0.3, 0.4) is 0 Å². The maximum absolute atomic E-state index is 12.1. The topological polar surface area (TPSA) is 61.1 Å². The number of aromatic nitrogens is 3. The molecule has 1 aliphatic heterocycles. The molecule has 0 fully saturated rings. The molecule has 6 nitrogen and oxygen atoms in total. The number of rotatable bonds is 3. The zero-order valence-corrected chi connectivity index (χ0v) is 11.7. The third-order valence-corrected chi connectivity index (χ3v) is 3.56. The molecule has 1 atom stereocenters. The predicted molar refractivity (Wildman–Crippen MR) is 73.4 cm³/mol. The van der Waals surface area contributed by atoms with E-state index in [0.717, 1.165) is 12.1 Å². The Morgan fingerprint density at radius 1 is 1.55 bits per heavy atom. The van der Waals surface area contributed by atoms with E-state index in [0.29, 0.717) is 18.8 Å². The maximum Gasteiger partial charge on any atom is 0.267 e. The van der Waals surface area contributed by atoms with Crippen LogP contribution in [0.1, 0.15) is 27.8 Å². The van der Waals surface area contributed by atoms with Crippen LogP contribution in [0.15, 0.2) is 24.5 Å². The number of hydrogen-bond donors (Lipinski definition) is 1. The average Bonchev–Trinajstić information content (AvgIpc) is 3.00. The van der Waals surface area contributed by atoms with Crippen molar-refractivity contribution in [2.45, 2.75) is 12.5 Å². The van der Waals surface area contributed by atoms with Crippen LogP contribution in [0.2, 0.25) is 0 Å². The number of hydrogen-bond acceptors (Lipinski definition) is 3. The maximum atomic E-state index is 12.1. The molecule has 0 saturated carbocycles. The second kappa shape index (κ2) is 5.13. The molecule has 1 N–H and O–H groups in total. The quantitative estimate of drug-likeness (QED) is 0.900. The molecule has 0 saturated heterocycles. The van der Waals surface area contributed by atoms with E-state index in [1.165, 1.54) is 5.56 Å². The van der Waals surface area contributed by atoms with E-state index in [1.54, 1.807) is 15.3 Å². The van der Waals surface area contributed by atoms with Crippen LogP contribution in [0.25, 0.3) is 0 Å². The van der Waals surface area contributed by atoms with Crippen LogP contribution >= 0.6 is 0 Å². The third kappa shape index (κ3) is 2.34. The van der Waals surface area contributed by atoms with Crippen molar-refractivity contribution < 1.29 is 9.53 Å². The fraction of sp³-hybridized carbons (Fsp3) is 0.429. The first-order valence-electron chi connectivity index (χ1n) is 6.68. The molecule has 1 aliphatic rings. The molecule has 0 bridgehead atoms. The van der Waals surface area contributed by atoms with Crippen molar-refractivity contribution in [3.8, 4) is 0 Å². The summed E-state index contributed by atoms with van der Waals surface area (Å²) in [7, 11) is 3.75. The summed E-state index contributed by atoms with van der Waals surface area (Å²) in [5.41, 5.74) is 2.78. The standard InChI is InChI=1S/C14H18N4O2/c1-17-6-3-4-11(17)14(19)15-8-12-13-10(5-7-20-12)9-18(2)16-13/h3-4,6,9,12H,5,7-8H2,1-2H3,(H,15,19)/t12-/m1/s1. The number of nitrogens with one attached hydrogen (secondary N) is 1. The molecular formula is C14H18N4O2. The highest BCUT2D eigenvalue weighted by atomic mass is 16.5. The van der Waals surface area contributed by atoms with Crippen LogP contribution < -0.4 is 5.32 Å². The smallest absolute Gasteiger partial charge is 0.267 e. The molecule has 2 aromatic heterocycles. The van der Waals surface area contributed by atoms with E-state index in [9.17, 15) is 4.79 Å². The number of carbonyl (C=O) groups is 1. The summed E-state index contributed by atoms with van der Waals surface area (Å²) in [6.07, 6.45) is 4.59. The van der Waals surface area contributed by atoms with Crippen molar-refractivity contribution >= 4 is 5.91 Å². The van der Waals surface area contributed by atoms with Crippen LogP contribution in [0.4, 0.5) is 0 Å². The van der Waals surface area contributed by atoms with Gasteiger partial charge in [-0.25, -0.2) is 0 Å². The minimum absolute atomic E-state index is 0.0934. The minimum Gasteiger partial charge on any atom is -0.370 e. The van der Waals surface area contributed by atoms with Crippen molar-refractivity contribution in [2.75, 3.05) is 13.2 Å². The van der Waals surface area contributed by atoms with Crippen molar-refractivity contribution in [3.63, 3.8) is 0 Å². The molecule has 0 radical (unpaired) electrons. The van der Waals surface area contributed by atoms with Gasteiger partial charge < -0.3 is 14.6 Å². The van der Waals surface area contributed by atoms with Crippen molar-refractivity contribution in [1.29, 1.82) is 0 Å². The Morgan fingerprint density at radius 3 is 3.15 bits per heavy atom. The van der Waals surface area contributed by atoms with Crippen LogP contribution in [-0.4, -0.2) is 33.4 Å². The first-order valence-corrected chi connectivity index (χ1v) is 6.68. The fourth-order valence-corrected chi connectivity index (χ4v) is 2.54. The largest absolute Gasteiger partial charge is 0.370 e. The monoisotopic (exact) mass is 274 g/mol. The first kappa shape index (κ1) is 12.9. The summed E-state index contributed by atoms with van der Waals surface area (Å²) < 4.78 is 9.31. The van der Waals surface area contributed by atoms with Gasteiger partial charge in [-0.05, 0) is 24.1 Å². The van der Waals surface area contributed by atoms with E-state index in [4.69, 9.17) is 4.74 Å². The number of carbonyl (C=O) groups excluding carboxylic acids is 1. The van der Waals surface area contributed by atoms with E-state index in [1.807, 2.05) is 32.6 Å². The van der Waals surface area contributed by atoms with Crippen molar-refractivity contribution in [1.82, 2.24) is 19.7 Å². The Morgan fingerprint density at radius 2 is 2.40 bits per heavy atom. The molecule has 6 heteroatoms. The number of nitrogens with zero attached hydrogens (tertiary/aromatic N) is 3. The molecule has 106 valence electrons. The Balaban J connectivity index is 1.68. The number of fused-ring (bicyclic) bond motifs is 1. The van der Waals surface area contributed by atoms with Gasteiger partial charge in [0.1, 0.15) is 11.8 Å². The fourth-order valence-electron chi connectivity index (χ4n) is 2.54. The molecular weight excluding hydrogens is 256 g/mol. The highest BCUT2D eigenvalue weighted by Crippen LogP contribution is 2.24. The molecule has 0 spiro atoms. The van der Waals surface area contributed by atoms with Crippen LogP contribution in [0.5, 0.6) is 0 Å². The average molecular weight is 274 g/mol. The second-order valence-electron chi connectivity index (χ2n) is 5.04. The van der Waals surface area contributed by atoms with Crippen molar-refractivity contribution in [2.24, 2.45) is 14.1 Å². The highest BCUT2D eigenvalue weighted by Gasteiger charge is 2.25. The SMILES string of the molecule is Cn1cc2c(n1)[C@@H](CNC(=O)c1cccn1C)OCC2. The van der Waals surface area contributed by atoms with E-state index in [2.05, 4.69) is 10.4 Å². The highest BCUT2D eigenvalue weighted by molar-refractivity contribution is 5.92. The van der Waals surface area contributed by atoms with E-state index < -0.39 is 0 Å². The van der Waals surface area contributed by atoms with Gasteiger partial charge >= 0.3 is 0 Å². The van der Waals surface area contributed by atoms with Crippen LogP contribution in [-0.2, 0) is 25.3 Å². The Labute approximate surface area is 117 Å². The number of aryl methyl sites for hydroxylation is 2. The molecule has 1 amide bonds. The van der Waals surface area contributed by atoms with Gasteiger partial charge in [-0.15, -0.1) is 0 Å². The van der Waals surface area contributed by atoms with Gasteiger partial charge in [-0.3, -0.25) is 9.48 Å². The molecule has 2 aromatic rings. The summed E-state index contributed by atoms with van der Waals surface area (Å²) in [5.74, 6) is -0.0934. The van der Waals surface area contributed by atoms with E-state index >= 15 is 0 Å². The summed E-state index contributed by atoms with van der Waals surface area (Å²) in [5, 5.41) is 7.34. The molecule has 20 heavy (non-hydrogen) atoms. The minimum atomic E-state index is -0.163. The normalized spacial score (nSPS) is 17.8. The van der Waals surface area contributed by atoms with Crippen LogP contribution in [0, 0.1) is 0 Å². The number of amides is 1. The summed E-state index contributed by atoms with van der Waals surface area (Å²) in [6, 6.07) is 3.64. The van der Waals surface area contributed by atoms with Gasteiger partial charge in [-0.2, -0.15) is 5.10 Å². The first-order chi connectivity index (χ1) is 9.65. The van der Waals surface area contributed by atoms with Gasteiger partial charge in [0.2, 0.25) is 0 Å². The predicted octanol–water partition coefficient (Wildman–Crippen LogP) is 0.802. The van der Waals surface area contributed by atoms with Gasteiger partial charge in [0.15, 0.2) is 0 Å². The molecule has 0 unspecified atom stereocenters. The van der Waals surface area contributed by atoms with E-state index in [-0.39, 0.29) is 12.0 Å². The second-order valence-corrected chi connectivity index (χ2v) is 5.04.